The molecular weight excluding hydrogens is 341 g/mol. The van der Waals surface area contributed by atoms with E-state index in [0.717, 1.165) is 18.4 Å². The van der Waals surface area contributed by atoms with Crippen molar-refractivity contribution in [2.45, 2.75) is 30.9 Å². The van der Waals surface area contributed by atoms with Crippen molar-refractivity contribution in [3.05, 3.63) is 50.8 Å². The van der Waals surface area contributed by atoms with Gasteiger partial charge in [-0.05, 0) is 43.7 Å². The first kappa shape index (κ1) is 15.9. The number of halogens is 2. The zero-order valence-corrected chi connectivity index (χ0v) is 14.6. The van der Waals surface area contributed by atoms with Crippen LogP contribution in [0.2, 0.25) is 10.0 Å². The maximum Gasteiger partial charge on any atom is 0.198 e. The average molecular weight is 356 g/mol. The van der Waals surface area contributed by atoms with Gasteiger partial charge in [0.1, 0.15) is 0 Å². The van der Waals surface area contributed by atoms with Crippen LogP contribution in [-0.4, -0.2) is 17.2 Å². The Labute approximate surface area is 143 Å². The first-order valence-corrected chi connectivity index (χ1v) is 9.09. The number of hydrogen-bond donors (Lipinski definition) is 0. The summed E-state index contributed by atoms with van der Waals surface area (Å²) in [4.78, 5) is 13.0. The summed E-state index contributed by atoms with van der Waals surface area (Å²) in [5.41, 5.74) is 1.88. The van der Waals surface area contributed by atoms with Crippen LogP contribution in [-0.2, 0) is 0 Å². The van der Waals surface area contributed by atoms with Crippen molar-refractivity contribution in [1.82, 2.24) is 5.16 Å². The smallest absolute Gasteiger partial charge is 0.198 e. The molecule has 2 aromatic rings. The molecule has 116 valence electrons. The maximum absolute atomic E-state index is 13.0. The summed E-state index contributed by atoms with van der Waals surface area (Å²) < 4.78 is 5.28. The van der Waals surface area contributed by atoms with Crippen LogP contribution >= 0.6 is 35.0 Å². The van der Waals surface area contributed by atoms with Crippen LogP contribution in [0.25, 0.3) is 0 Å². The minimum absolute atomic E-state index is 0.0642. The van der Waals surface area contributed by atoms with Gasteiger partial charge in [0.25, 0.3) is 0 Å². The fourth-order valence-electron chi connectivity index (χ4n) is 2.48. The first-order valence-electron chi connectivity index (χ1n) is 7.04. The number of carbonyl (C=O) groups is 1. The molecule has 1 aliphatic rings. The monoisotopic (exact) mass is 355 g/mol. The van der Waals surface area contributed by atoms with Crippen LogP contribution in [0, 0.1) is 0 Å². The lowest BCUT2D eigenvalue weighted by Crippen LogP contribution is -2.08. The molecule has 0 radical (unpaired) electrons. The predicted octanol–water partition coefficient (Wildman–Crippen LogP) is 5.51. The number of thioether (sulfide) groups is 1. The Morgan fingerprint density at radius 3 is 2.73 bits per heavy atom. The second-order valence-electron chi connectivity index (χ2n) is 5.41. The van der Waals surface area contributed by atoms with Crippen molar-refractivity contribution >= 4 is 40.7 Å². The van der Waals surface area contributed by atoms with Crippen LogP contribution < -0.4 is 0 Å². The van der Waals surface area contributed by atoms with Gasteiger partial charge in [0.2, 0.25) is 0 Å². The molecule has 1 fully saturated rings. The minimum Gasteiger partial charge on any atom is -0.360 e. The molecule has 0 amide bonds. The molecule has 1 aromatic heterocycles. The number of benzene rings is 1. The third-order valence-corrected chi connectivity index (χ3v) is 5.69. The van der Waals surface area contributed by atoms with Gasteiger partial charge < -0.3 is 4.52 Å². The molecule has 22 heavy (non-hydrogen) atoms. The molecule has 1 unspecified atom stereocenters. The van der Waals surface area contributed by atoms with Gasteiger partial charge in [-0.1, -0.05) is 28.4 Å². The summed E-state index contributed by atoms with van der Waals surface area (Å²) in [6.07, 6.45) is 5.58. The molecule has 1 heterocycles. The Bertz CT molecular complexity index is 725. The standard InChI is InChI=1S/C16H15Cl2NO2S/c1-8(22-2)13-10(5-6-12(17)14(13)18)15(20)11-7-19-21-16(11)9-3-4-9/h5-9H,3-4H2,1-2H3. The Kier molecular flexibility index (Phi) is 4.53. The topological polar surface area (TPSA) is 43.1 Å². The number of rotatable bonds is 5. The van der Waals surface area contributed by atoms with Gasteiger partial charge in [-0.25, -0.2) is 0 Å². The Morgan fingerprint density at radius 1 is 1.36 bits per heavy atom. The van der Waals surface area contributed by atoms with E-state index < -0.39 is 0 Å². The molecule has 3 nitrogen and oxygen atoms in total. The van der Waals surface area contributed by atoms with Crippen LogP contribution in [0.5, 0.6) is 0 Å². The van der Waals surface area contributed by atoms with E-state index in [0.29, 0.717) is 32.9 Å². The van der Waals surface area contributed by atoms with Crippen molar-refractivity contribution in [2.75, 3.05) is 6.26 Å². The Balaban J connectivity index is 2.09. The van der Waals surface area contributed by atoms with Crippen LogP contribution in [0.4, 0.5) is 0 Å². The Morgan fingerprint density at radius 2 is 2.09 bits per heavy atom. The summed E-state index contributed by atoms with van der Waals surface area (Å²) in [7, 11) is 0. The minimum atomic E-state index is -0.0994. The largest absolute Gasteiger partial charge is 0.360 e. The lowest BCUT2D eigenvalue weighted by atomic mass is 9.96. The van der Waals surface area contributed by atoms with Gasteiger partial charge >= 0.3 is 0 Å². The highest BCUT2D eigenvalue weighted by Crippen LogP contribution is 2.43. The number of ketones is 1. The number of aromatic nitrogens is 1. The Hall–Kier alpha value is -0.970. The highest BCUT2D eigenvalue weighted by molar-refractivity contribution is 7.98. The molecule has 0 N–H and O–H groups in total. The molecule has 1 aliphatic carbocycles. The summed E-state index contributed by atoms with van der Waals surface area (Å²) in [5, 5.41) is 4.77. The number of carbonyl (C=O) groups excluding carboxylic acids is 1. The van der Waals surface area contributed by atoms with E-state index in [1.165, 1.54) is 6.20 Å². The van der Waals surface area contributed by atoms with E-state index in [1.807, 2.05) is 13.2 Å². The molecule has 1 saturated carbocycles. The van der Waals surface area contributed by atoms with Gasteiger partial charge in [-0.15, -0.1) is 0 Å². The van der Waals surface area contributed by atoms with Crippen molar-refractivity contribution in [3.63, 3.8) is 0 Å². The van der Waals surface area contributed by atoms with Gasteiger partial charge in [-0.3, -0.25) is 4.79 Å². The number of nitrogens with zero attached hydrogens (tertiary/aromatic N) is 1. The van der Waals surface area contributed by atoms with E-state index >= 15 is 0 Å². The lowest BCUT2D eigenvalue weighted by Gasteiger charge is -2.16. The normalized spacial score (nSPS) is 15.8. The molecule has 6 heteroatoms. The fraction of sp³-hybridized carbons (Fsp3) is 0.375. The molecule has 1 atom stereocenters. The SMILES string of the molecule is CSC(C)c1c(C(=O)c2cnoc2C2CC2)ccc(Cl)c1Cl. The highest BCUT2D eigenvalue weighted by atomic mass is 35.5. The molecule has 0 aliphatic heterocycles. The molecule has 1 aromatic carbocycles. The summed E-state index contributed by atoms with van der Waals surface area (Å²) in [6.45, 7) is 2.01. The third kappa shape index (κ3) is 2.80. The summed E-state index contributed by atoms with van der Waals surface area (Å²) >= 11 is 14.1. The van der Waals surface area contributed by atoms with Gasteiger partial charge in [0.05, 0.1) is 21.8 Å². The first-order chi connectivity index (χ1) is 10.5. The van der Waals surface area contributed by atoms with Crippen molar-refractivity contribution in [1.29, 1.82) is 0 Å². The molecule has 0 spiro atoms. The molecule has 0 bridgehead atoms. The molecular formula is C16H15Cl2NO2S. The molecule has 0 saturated heterocycles. The van der Waals surface area contributed by atoms with Crippen LogP contribution in [0.3, 0.4) is 0 Å². The summed E-state index contributed by atoms with van der Waals surface area (Å²) in [6, 6.07) is 3.40. The van der Waals surface area contributed by atoms with E-state index in [2.05, 4.69) is 5.16 Å². The van der Waals surface area contributed by atoms with E-state index in [-0.39, 0.29) is 11.0 Å². The average Bonchev–Trinajstić information content (AvgIpc) is 3.25. The second kappa shape index (κ2) is 6.26. The quantitative estimate of drug-likeness (QED) is 0.662. The van der Waals surface area contributed by atoms with Crippen LogP contribution in [0.1, 0.15) is 58.2 Å². The van der Waals surface area contributed by atoms with Crippen molar-refractivity contribution < 1.29 is 9.32 Å². The van der Waals surface area contributed by atoms with Gasteiger partial charge in [0.15, 0.2) is 11.5 Å². The van der Waals surface area contributed by atoms with E-state index in [1.54, 1.807) is 23.9 Å². The maximum atomic E-state index is 13.0. The predicted molar refractivity (Wildman–Crippen MR) is 90.3 cm³/mol. The van der Waals surface area contributed by atoms with E-state index in [9.17, 15) is 4.79 Å². The zero-order valence-electron chi connectivity index (χ0n) is 12.2. The van der Waals surface area contributed by atoms with Crippen molar-refractivity contribution in [3.8, 4) is 0 Å². The fourth-order valence-corrected chi connectivity index (χ4v) is 3.52. The van der Waals surface area contributed by atoms with Gasteiger partial charge in [-0.2, -0.15) is 11.8 Å². The molecule has 3 rings (SSSR count). The second-order valence-corrected chi connectivity index (χ2v) is 7.37. The van der Waals surface area contributed by atoms with Crippen LogP contribution in [0.15, 0.2) is 22.9 Å². The zero-order chi connectivity index (χ0) is 15.9. The van der Waals surface area contributed by atoms with Crippen molar-refractivity contribution in [2.24, 2.45) is 0 Å². The third-order valence-electron chi connectivity index (χ3n) is 3.93. The van der Waals surface area contributed by atoms with E-state index in [4.69, 9.17) is 27.7 Å². The summed E-state index contributed by atoms with van der Waals surface area (Å²) in [5.74, 6) is 0.919. The number of hydrogen-bond acceptors (Lipinski definition) is 4. The van der Waals surface area contributed by atoms with Gasteiger partial charge in [0, 0.05) is 16.7 Å². The lowest BCUT2D eigenvalue weighted by molar-refractivity contribution is 0.103. The highest BCUT2D eigenvalue weighted by Gasteiger charge is 2.33.